The van der Waals surface area contributed by atoms with Crippen LogP contribution >= 0.6 is 0 Å². The third kappa shape index (κ3) is 7.60. The van der Waals surface area contributed by atoms with E-state index in [9.17, 15) is 19.3 Å². The monoisotopic (exact) mass is 515 g/mol. The van der Waals surface area contributed by atoms with Crippen LogP contribution in [0.5, 0.6) is 0 Å². The van der Waals surface area contributed by atoms with E-state index in [2.05, 4.69) is 11.8 Å². The summed E-state index contributed by atoms with van der Waals surface area (Å²) in [6.45, 7) is 4.91. The van der Waals surface area contributed by atoms with Gasteiger partial charge in [0.2, 0.25) is 0 Å². The third-order valence-electron chi connectivity index (χ3n) is 5.61. The smallest absolute Gasteiger partial charge is 0.423 e. The number of imide groups is 2. The predicted octanol–water partition coefficient (Wildman–Crippen LogP) is 6.64. The highest BCUT2D eigenvalue weighted by Crippen LogP contribution is 2.24. The first-order valence-corrected chi connectivity index (χ1v) is 12.0. The van der Waals surface area contributed by atoms with E-state index < -0.39 is 24.3 Å². The van der Waals surface area contributed by atoms with E-state index >= 15 is 0 Å². The maximum atomic E-state index is 13.8. The maximum Gasteiger partial charge on any atom is 0.423 e. The number of nitrogens with zero attached hydrogens (tertiary/aromatic N) is 3. The number of carbonyl (C=O) groups excluding carboxylic acids is 3. The fraction of sp³-hybridized carbons (Fsp3) is 0.207. The molecule has 4 amide bonds. The Morgan fingerprint density at radius 3 is 2.05 bits per heavy atom. The molecule has 0 aromatic heterocycles. The van der Waals surface area contributed by atoms with Gasteiger partial charge in [-0.2, -0.15) is 9.81 Å². The molecular formula is C29H29N3O6. The number of benzene rings is 3. The Morgan fingerprint density at radius 2 is 1.47 bits per heavy atom. The number of nitroso groups, excluding NO2 is 1. The van der Waals surface area contributed by atoms with Crippen LogP contribution < -0.4 is 4.90 Å². The zero-order valence-corrected chi connectivity index (χ0v) is 21.1. The van der Waals surface area contributed by atoms with E-state index in [4.69, 9.17) is 9.47 Å². The topological polar surface area (TPSA) is 106 Å². The predicted molar refractivity (Wildman–Crippen MR) is 144 cm³/mol. The summed E-state index contributed by atoms with van der Waals surface area (Å²) in [5.74, 6) is 0. The summed E-state index contributed by atoms with van der Waals surface area (Å²) >= 11 is 0. The van der Waals surface area contributed by atoms with Crippen LogP contribution in [-0.4, -0.2) is 36.3 Å². The van der Waals surface area contributed by atoms with Gasteiger partial charge in [-0.05, 0) is 42.2 Å². The number of urea groups is 1. The lowest BCUT2D eigenvalue weighted by Gasteiger charge is -2.27. The van der Waals surface area contributed by atoms with Gasteiger partial charge in [-0.15, -0.1) is 0 Å². The van der Waals surface area contributed by atoms with Crippen molar-refractivity contribution in [3.8, 4) is 0 Å². The molecule has 9 nitrogen and oxygen atoms in total. The molecule has 0 radical (unpaired) electrons. The molecule has 9 heteroatoms. The van der Waals surface area contributed by atoms with Gasteiger partial charge in [-0.3, -0.25) is 0 Å². The van der Waals surface area contributed by atoms with Crippen LogP contribution in [0.3, 0.4) is 0 Å². The molecule has 0 saturated heterocycles. The normalized spacial score (nSPS) is 11.1. The Balaban J connectivity index is 1.92. The number of rotatable bonds is 10. The fourth-order valence-electron chi connectivity index (χ4n) is 3.52. The first-order chi connectivity index (χ1) is 18.4. The van der Waals surface area contributed by atoms with Gasteiger partial charge in [0.15, 0.2) is 0 Å². The van der Waals surface area contributed by atoms with Gasteiger partial charge >= 0.3 is 18.2 Å². The molecule has 0 fully saturated rings. The van der Waals surface area contributed by atoms with E-state index in [0.29, 0.717) is 12.0 Å². The first-order valence-electron chi connectivity index (χ1n) is 12.0. The molecule has 38 heavy (non-hydrogen) atoms. The van der Waals surface area contributed by atoms with Crippen LogP contribution in [0.4, 0.5) is 20.1 Å². The van der Waals surface area contributed by atoms with E-state index in [1.54, 1.807) is 43.3 Å². The molecule has 0 aliphatic rings. The highest BCUT2D eigenvalue weighted by Gasteiger charge is 2.34. The van der Waals surface area contributed by atoms with Crippen LogP contribution in [0.25, 0.3) is 0 Å². The molecule has 1 unspecified atom stereocenters. The van der Waals surface area contributed by atoms with E-state index in [-0.39, 0.29) is 25.4 Å². The molecule has 0 N–H and O–H groups in total. The van der Waals surface area contributed by atoms with Crippen molar-refractivity contribution >= 4 is 23.9 Å². The molecule has 0 saturated carbocycles. The molecule has 196 valence electrons. The van der Waals surface area contributed by atoms with Gasteiger partial charge in [-0.1, -0.05) is 90.6 Å². The second kappa shape index (κ2) is 14.1. The maximum absolute atomic E-state index is 13.8. The average molecular weight is 516 g/mol. The molecule has 0 aliphatic carbocycles. The molecule has 1 atom stereocenters. The van der Waals surface area contributed by atoms with Gasteiger partial charge in [-0.25, -0.2) is 19.3 Å². The summed E-state index contributed by atoms with van der Waals surface area (Å²) in [6.07, 6.45) is -0.189. The highest BCUT2D eigenvalue weighted by molar-refractivity contribution is 6.14. The van der Waals surface area contributed by atoms with E-state index in [0.717, 1.165) is 20.9 Å². The Hall–Kier alpha value is -4.79. The number of hydrogen-bond donors (Lipinski definition) is 0. The van der Waals surface area contributed by atoms with Gasteiger partial charge in [0.1, 0.15) is 19.3 Å². The minimum absolute atomic E-state index is 0.0501. The van der Waals surface area contributed by atoms with E-state index in [1.807, 2.05) is 36.4 Å². The lowest BCUT2D eigenvalue weighted by molar-refractivity contribution is 0.118. The highest BCUT2D eigenvalue weighted by atomic mass is 16.6. The summed E-state index contributed by atoms with van der Waals surface area (Å²) in [5.41, 5.74) is 2.36. The zero-order valence-electron chi connectivity index (χ0n) is 21.1. The average Bonchev–Trinajstić information content (AvgIpc) is 2.96. The van der Waals surface area contributed by atoms with Crippen molar-refractivity contribution in [3.63, 3.8) is 0 Å². The summed E-state index contributed by atoms with van der Waals surface area (Å²) in [7, 11) is 0. The first kappa shape index (κ1) is 27.8. The van der Waals surface area contributed by atoms with Gasteiger partial charge in [0, 0.05) is 6.54 Å². The number of ether oxygens (including phenoxy) is 2. The van der Waals surface area contributed by atoms with Crippen LogP contribution in [0.2, 0.25) is 0 Å². The summed E-state index contributed by atoms with van der Waals surface area (Å²) in [5, 5.41) is 3.00. The minimum Gasteiger partial charge on any atom is -0.445 e. The van der Waals surface area contributed by atoms with Gasteiger partial charge < -0.3 is 9.47 Å². The molecule has 3 rings (SSSR count). The summed E-state index contributed by atoms with van der Waals surface area (Å²) < 4.78 is 10.6. The molecule has 3 aromatic rings. The Kier molecular flexibility index (Phi) is 10.3. The Bertz CT molecular complexity index is 1230. The Labute approximate surface area is 221 Å². The second-order valence-electron chi connectivity index (χ2n) is 8.28. The molecule has 3 aromatic carbocycles. The largest absolute Gasteiger partial charge is 0.445 e. The van der Waals surface area contributed by atoms with Crippen molar-refractivity contribution in [2.75, 3.05) is 18.1 Å². The molecule has 0 spiro atoms. The van der Waals surface area contributed by atoms with Gasteiger partial charge in [0.25, 0.3) is 0 Å². The van der Waals surface area contributed by atoms with Crippen molar-refractivity contribution in [2.24, 2.45) is 5.18 Å². The number of amides is 4. The zero-order chi connectivity index (χ0) is 27.3. The third-order valence-corrected chi connectivity index (χ3v) is 5.61. The Morgan fingerprint density at radius 1 is 0.868 bits per heavy atom. The lowest BCUT2D eigenvalue weighted by Crippen LogP contribution is -2.50. The SMILES string of the molecule is C=CCOC(=O)N(CCc1ccccc1)C(=O)N(C(=O)OCc1ccccc1)c1ccc(C(C)N=O)cc1. The van der Waals surface area contributed by atoms with Gasteiger partial charge in [0.05, 0.1) is 5.69 Å². The number of anilines is 1. The van der Waals surface area contributed by atoms with Crippen molar-refractivity contribution in [1.29, 1.82) is 0 Å². The van der Waals surface area contributed by atoms with Crippen molar-refractivity contribution in [3.05, 3.63) is 119 Å². The van der Waals surface area contributed by atoms with Crippen molar-refractivity contribution < 1.29 is 23.9 Å². The standard InChI is InChI=1S/C29H29N3O6/c1-3-20-37-28(34)31(19-18-23-10-6-4-7-11-23)27(33)32(26-16-14-25(15-17-26)22(2)30-36)29(35)38-21-24-12-8-5-9-13-24/h3-17,22H,1,18-21H2,2H3. The van der Waals surface area contributed by atoms with E-state index in [1.165, 1.54) is 18.2 Å². The lowest BCUT2D eigenvalue weighted by atomic mass is 10.1. The van der Waals surface area contributed by atoms with Crippen LogP contribution in [0.1, 0.15) is 29.7 Å². The number of hydrogen-bond acceptors (Lipinski definition) is 7. The molecule has 0 aliphatic heterocycles. The quantitative estimate of drug-likeness (QED) is 0.221. The van der Waals surface area contributed by atoms with Crippen LogP contribution in [0.15, 0.2) is 103 Å². The van der Waals surface area contributed by atoms with Crippen LogP contribution in [0, 0.1) is 4.91 Å². The second-order valence-corrected chi connectivity index (χ2v) is 8.28. The molecule has 0 bridgehead atoms. The van der Waals surface area contributed by atoms with Crippen LogP contribution in [-0.2, 0) is 22.5 Å². The number of carbonyl (C=O) groups is 3. The minimum atomic E-state index is -0.977. The van der Waals surface area contributed by atoms with Crippen molar-refractivity contribution in [2.45, 2.75) is 26.0 Å². The fourth-order valence-corrected chi connectivity index (χ4v) is 3.52. The summed E-state index contributed by atoms with van der Waals surface area (Å²) in [6, 6.07) is 22.9. The summed E-state index contributed by atoms with van der Waals surface area (Å²) in [4.78, 5) is 52.5. The molecule has 0 heterocycles. The van der Waals surface area contributed by atoms with Crippen molar-refractivity contribution in [1.82, 2.24) is 4.90 Å². The molecular weight excluding hydrogens is 486 g/mol.